The number of carbonyl (C=O) groups excluding carboxylic acids is 4. The van der Waals surface area contributed by atoms with Crippen LogP contribution in [-0.4, -0.2) is 40.6 Å². The van der Waals surface area contributed by atoms with E-state index in [-0.39, 0.29) is 18.5 Å². The van der Waals surface area contributed by atoms with Crippen LogP contribution in [0, 0.1) is 0 Å². The fraction of sp³-hybridized carbons (Fsp3) is 0.333. The fourth-order valence-electron chi connectivity index (χ4n) is 4.08. The predicted molar refractivity (Wildman–Crippen MR) is 114 cm³/mol. The third-order valence-electron chi connectivity index (χ3n) is 6.03. The van der Waals surface area contributed by atoms with E-state index >= 15 is 0 Å². The van der Waals surface area contributed by atoms with Gasteiger partial charge in [0.2, 0.25) is 0 Å². The number of carbonyl (C=O) groups is 4. The molecule has 1 atom stereocenters. The molecule has 0 saturated carbocycles. The van der Waals surface area contributed by atoms with Gasteiger partial charge in [-0.15, -0.1) is 0 Å². The van der Waals surface area contributed by atoms with E-state index in [0.717, 1.165) is 28.2 Å². The molecule has 0 aromatic heterocycles. The van der Waals surface area contributed by atoms with Crippen molar-refractivity contribution in [2.45, 2.75) is 45.2 Å². The van der Waals surface area contributed by atoms with Crippen LogP contribution in [0.5, 0.6) is 0 Å². The Kier molecular flexibility index (Phi) is 5.59. The summed E-state index contributed by atoms with van der Waals surface area (Å²) in [7, 11) is 1.28. The fourth-order valence-corrected chi connectivity index (χ4v) is 4.08. The molecule has 2 aliphatic rings. The summed E-state index contributed by atoms with van der Waals surface area (Å²) in [5.74, 6) is -1.87. The van der Waals surface area contributed by atoms with E-state index in [1.165, 1.54) is 31.0 Å². The lowest BCUT2D eigenvalue weighted by atomic mass is 9.89. The van der Waals surface area contributed by atoms with Crippen LogP contribution in [0.15, 0.2) is 42.5 Å². The van der Waals surface area contributed by atoms with Crippen LogP contribution in [0.4, 0.5) is 4.79 Å². The lowest BCUT2D eigenvalue weighted by Crippen LogP contribution is -2.31. The summed E-state index contributed by atoms with van der Waals surface area (Å²) < 4.78 is 0. The number of hydrogen-bond acceptors (Lipinski definition) is 4. The van der Waals surface area contributed by atoms with Gasteiger partial charge in [-0.25, -0.2) is 4.79 Å². The first-order valence-electron chi connectivity index (χ1n) is 10.5. The number of urea groups is 1. The van der Waals surface area contributed by atoms with Crippen molar-refractivity contribution in [1.82, 2.24) is 15.1 Å². The maximum atomic E-state index is 12.7. The number of likely N-dealkylation sites (N-methyl/N-ethyl adjacent to an activating group) is 1. The molecule has 31 heavy (non-hydrogen) atoms. The number of amides is 5. The molecular weight excluding hydrogens is 394 g/mol. The molecule has 160 valence electrons. The number of nitrogens with one attached hydrogen (secondary N) is 1. The first kappa shape index (κ1) is 20.8. The predicted octanol–water partition coefficient (Wildman–Crippen LogP) is 2.98. The molecule has 5 amide bonds. The van der Waals surface area contributed by atoms with Gasteiger partial charge in [-0.1, -0.05) is 30.3 Å². The smallest absolute Gasteiger partial charge is 0.334 e. The number of imide groups is 2. The molecule has 4 rings (SSSR count). The highest BCUT2D eigenvalue weighted by molar-refractivity contribution is 6.44. The summed E-state index contributed by atoms with van der Waals surface area (Å²) in [5.41, 5.74) is 5.02. The Morgan fingerprint density at radius 3 is 2.29 bits per heavy atom. The Bertz CT molecular complexity index is 1060. The minimum absolute atomic E-state index is 0.0127. The van der Waals surface area contributed by atoms with Gasteiger partial charge in [0, 0.05) is 12.6 Å². The van der Waals surface area contributed by atoms with Crippen LogP contribution in [-0.2, 0) is 29.0 Å². The normalized spacial score (nSPS) is 17.0. The van der Waals surface area contributed by atoms with Gasteiger partial charge in [0.05, 0.1) is 12.6 Å². The standard InChI is InChI=1S/C24H25N3O4/c1-15(19-12-11-17-5-3-4-6-20(17)13-19)25-21(28)18-9-7-16(8-10-18)14-27-23(30)22(29)26(2)24(27)31/h7-13,15H,3-6,14H2,1-2H3,(H,25,28). The first-order valence-corrected chi connectivity index (χ1v) is 10.5. The minimum atomic E-state index is -0.840. The largest absolute Gasteiger partial charge is 0.346 e. The van der Waals surface area contributed by atoms with E-state index in [9.17, 15) is 19.2 Å². The average Bonchev–Trinajstić information content (AvgIpc) is 2.97. The molecule has 7 nitrogen and oxygen atoms in total. The third-order valence-corrected chi connectivity index (χ3v) is 6.03. The summed E-state index contributed by atoms with van der Waals surface area (Å²) in [6.45, 7) is 1.95. The first-order chi connectivity index (χ1) is 14.8. The van der Waals surface area contributed by atoms with Crippen LogP contribution in [0.2, 0.25) is 0 Å². The maximum absolute atomic E-state index is 12.7. The van der Waals surface area contributed by atoms with E-state index in [4.69, 9.17) is 0 Å². The molecule has 1 saturated heterocycles. The molecule has 1 heterocycles. The molecule has 1 fully saturated rings. The number of aryl methyl sites for hydroxylation is 2. The second kappa shape index (κ2) is 8.34. The molecular formula is C24H25N3O4. The van der Waals surface area contributed by atoms with Crippen molar-refractivity contribution in [3.05, 3.63) is 70.3 Å². The van der Waals surface area contributed by atoms with Crippen molar-refractivity contribution in [2.75, 3.05) is 7.05 Å². The minimum Gasteiger partial charge on any atom is -0.346 e. The summed E-state index contributed by atoms with van der Waals surface area (Å²) in [6, 6.07) is 12.4. The molecule has 2 aromatic rings. The number of benzene rings is 2. The van der Waals surface area contributed by atoms with Gasteiger partial charge in [0.15, 0.2) is 0 Å². The highest BCUT2D eigenvalue weighted by Crippen LogP contribution is 2.25. The lowest BCUT2D eigenvalue weighted by Gasteiger charge is -2.20. The van der Waals surface area contributed by atoms with Gasteiger partial charge in [0.1, 0.15) is 0 Å². The van der Waals surface area contributed by atoms with Crippen LogP contribution in [0.25, 0.3) is 0 Å². The zero-order chi connectivity index (χ0) is 22.1. The quantitative estimate of drug-likeness (QED) is 0.596. The van der Waals surface area contributed by atoms with Crippen molar-refractivity contribution in [3.63, 3.8) is 0 Å². The van der Waals surface area contributed by atoms with Crippen LogP contribution >= 0.6 is 0 Å². The average molecular weight is 419 g/mol. The monoisotopic (exact) mass is 419 g/mol. The van der Waals surface area contributed by atoms with Gasteiger partial charge in [-0.2, -0.15) is 0 Å². The molecule has 2 aromatic carbocycles. The second-order valence-electron chi connectivity index (χ2n) is 8.17. The molecule has 0 bridgehead atoms. The maximum Gasteiger partial charge on any atom is 0.334 e. The highest BCUT2D eigenvalue weighted by atomic mass is 16.2. The summed E-state index contributed by atoms with van der Waals surface area (Å²) in [4.78, 5) is 49.9. The van der Waals surface area contributed by atoms with E-state index in [0.29, 0.717) is 11.1 Å². The third kappa shape index (κ3) is 4.08. The Hall–Kier alpha value is -3.48. The van der Waals surface area contributed by atoms with E-state index in [2.05, 4.69) is 23.5 Å². The zero-order valence-corrected chi connectivity index (χ0v) is 17.7. The van der Waals surface area contributed by atoms with Crippen molar-refractivity contribution in [3.8, 4) is 0 Å². The molecule has 0 radical (unpaired) electrons. The molecule has 7 heteroatoms. The number of hydrogen-bond donors (Lipinski definition) is 1. The molecule has 1 unspecified atom stereocenters. The topological polar surface area (TPSA) is 86.8 Å². The number of fused-ring (bicyclic) bond motifs is 1. The van der Waals surface area contributed by atoms with Crippen molar-refractivity contribution in [2.24, 2.45) is 0 Å². The molecule has 1 aliphatic heterocycles. The van der Waals surface area contributed by atoms with Crippen LogP contribution < -0.4 is 5.32 Å². The number of rotatable bonds is 5. The Labute approximate surface area is 181 Å². The molecule has 0 spiro atoms. The van der Waals surface area contributed by atoms with Crippen molar-refractivity contribution < 1.29 is 19.2 Å². The van der Waals surface area contributed by atoms with Crippen molar-refractivity contribution in [1.29, 1.82) is 0 Å². The van der Waals surface area contributed by atoms with E-state index < -0.39 is 17.8 Å². The van der Waals surface area contributed by atoms with E-state index in [1.807, 2.05) is 6.92 Å². The summed E-state index contributed by atoms with van der Waals surface area (Å²) in [6.07, 6.45) is 4.67. The molecule has 1 N–H and O–H groups in total. The van der Waals surface area contributed by atoms with Gasteiger partial charge >= 0.3 is 17.8 Å². The lowest BCUT2D eigenvalue weighted by molar-refractivity contribution is -0.143. The van der Waals surface area contributed by atoms with Gasteiger partial charge in [-0.3, -0.25) is 24.2 Å². The Balaban J connectivity index is 1.40. The SMILES string of the molecule is CC(NC(=O)c1ccc(CN2C(=O)C(=O)N(C)C2=O)cc1)c1ccc2c(c1)CCCC2. The summed E-state index contributed by atoms with van der Waals surface area (Å²) >= 11 is 0. The highest BCUT2D eigenvalue weighted by Gasteiger charge is 2.41. The zero-order valence-electron chi connectivity index (χ0n) is 17.7. The van der Waals surface area contributed by atoms with Gasteiger partial charge < -0.3 is 5.32 Å². The van der Waals surface area contributed by atoms with Crippen molar-refractivity contribution >= 4 is 23.8 Å². The summed E-state index contributed by atoms with van der Waals surface area (Å²) in [5, 5.41) is 3.03. The molecule has 1 aliphatic carbocycles. The van der Waals surface area contributed by atoms with Crippen LogP contribution in [0.3, 0.4) is 0 Å². The number of nitrogens with zero attached hydrogens (tertiary/aromatic N) is 2. The van der Waals surface area contributed by atoms with Crippen LogP contribution in [0.1, 0.15) is 58.4 Å². The van der Waals surface area contributed by atoms with E-state index in [1.54, 1.807) is 24.3 Å². The Morgan fingerprint density at radius 1 is 0.968 bits per heavy atom. The second-order valence-corrected chi connectivity index (χ2v) is 8.17. The Morgan fingerprint density at radius 2 is 1.65 bits per heavy atom. The van der Waals surface area contributed by atoms with Gasteiger partial charge in [0.25, 0.3) is 5.91 Å². The van der Waals surface area contributed by atoms with Gasteiger partial charge in [-0.05, 0) is 67.0 Å².